The van der Waals surface area contributed by atoms with Crippen LogP contribution in [0, 0.1) is 35.5 Å². The zero-order valence-electron chi connectivity index (χ0n) is 80.7. The molecule has 30 atom stereocenters. The summed E-state index contributed by atoms with van der Waals surface area (Å²) < 4.78 is 257. The van der Waals surface area contributed by atoms with Gasteiger partial charge in [-0.1, -0.05) is 0 Å². The molecule has 0 aromatic heterocycles. The van der Waals surface area contributed by atoms with Gasteiger partial charge in [0.25, 0.3) is 0 Å². The number of aliphatic hydroxyl groups is 6. The molecule has 3 aliphatic carbocycles. The lowest BCUT2D eigenvalue weighted by Gasteiger charge is -2.47. The molecule has 678 valence electrons. The third-order valence-corrected chi connectivity index (χ3v) is 25.0. The van der Waals surface area contributed by atoms with Gasteiger partial charge in [0.15, 0.2) is 107 Å². The molecule has 12 heterocycles. The predicted molar refractivity (Wildman–Crippen MR) is 415 cm³/mol. The van der Waals surface area contributed by atoms with Crippen molar-refractivity contribution in [2.75, 3.05) is 102 Å². The smallest absolute Gasteiger partial charge is 0.310 e. The first-order chi connectivity index (χ1) is 65.7. The van der Waals surface area contributed by atoms with Crippen molar-refractivity contribution in [3.63, 3.8) is 0 Å². The van der Waals surface area contributed by atoms with E-state index in [0.717, 1.165) is 12.1 Å². The third-order valence-electron chi connectivity index (χ3n) is 25.0. The number of ether oxygens (including phenoxy) is 27. The van der Waals surface area contributed by atoms with Gasteiger partial charge >= 0.3 is 17.9 Å². The monoisotopic (exact) mass is 1780 g/mol. The molecule has 9 N–H and O–H groups in total. The number of cyclic esters (lactones) is 3. The molecule has 9 saturated heterocycles. The minimum atomic E-state index is -3.08. The maximum atomic E-state index is 13.6. The first-order valence-electron chi connectivity index (χ1n) is 46.7. The summed E-state index contributed by atoms with van der Waals surface area (Å²) in [6.07, 6.45) is -29.2. The lowest BCUT2D eigenvalue weighted by Crippen LogP contribution is -2.63. The van der Waals surface area contributed by atoms with Gasteiger partial charge in [0, 0.05) is 36.9 Å². The first-order valence-corrected chi connectivity index (χ1v) is 40.2. The Labute approximate surface area is 736 Å². The number of phenolic OH excluding ortho intramolecular Hbond substituents is 3. The number of hydrogen-bond donors (Lipinski definition) is 9. The van der Waals surface area contributed by atoms with Gasteiger partial charge in [-0.05, 0) is 144 Å². The molecule has 12 aliphatic heterocycles. The largest absolute Gasteiger partial charge is 0.502 e. The zero-order valence-corrected chi connectivity index (χ0v) is 67.7. The van der Waals surface area contributed by atoms with Crippen molar-refractivity contribution in [1.29, 1.82) is 0 Å². The van der Waals surface area contributed by atoms with Gasteiger partial charge in [-0.25, -0.2) is 0 Å². The minimum absolute atomic E-state index is 0.0161. The number of phenols is 3. The SMILES string of the molecule is [2H]C([2H])([2H])Oc1cc([C@@H]2c3cc4c(cc3[C@@H](O[C@@H]3O[C@H]5[C@@H](O[C@H](C)OC5([2H])[2H])[C@H](O)[C@H]3O)[C@H]3COC(=O)[C@H]23)OCO4)cc(OC([2H])([2H])[2H])c1O.[2H]C1([2H])O[C@@H](C)O[C@H]2[C@H](O)[C@@H](O)[C@H](O[C@@H]3c4cc5c(cc4[C@@H](c4cc(OC)c(O)c(OC)c4)[C@H]4C(=O)OC[C@@H]43)OCO5)O[C@@H]21.[2H]C1([2H])O[C@@H](C)O[C@H]2[C@H](O)[C@@H](O)[C@H](O[C@@H]3c4cc5c(cc4[C@@]([2H])(c4cc(OC)c(O)c(OC)c4)[C@H]4C(=O)OC[C@H]34)OCO5)O[C@@H]21. The van der Waals surface area contributed by atoms with Crippen LogP contribution in [0.3, 0.4) is 0 Å². The Morgan fingerprint density at radius 1 is 0.349 bits per heavy atom. The molecule has 21 rings (SSSR count). The summed E-state index contributed by atoms with van der Waals surface area (Å²) in [7, 11) is -0.659. The molecule has 126 heavy (non-hydrogen) atoms. The van der Waals surface area contributed by atoms with Crippen LogP contribution >= 0.6 is 0 Å². The summed E-state index contributed by atoms with van der Waals surface area (Å²) in [6.45, 7) is -3.53. The zero-order chi connectivity index (χ0) is 99.2. The number of aromatic hydroxyl groups is 3. The summed E-state index contributed by atoms with van der Waals surface area (Å²) >= 11 is 0. The van der Waals surface area contributed by atoms with Crippen LogP contribution in [-0.4, -0.2) is 277 Å². The standard InChI is InChI=1S/3C29H32O13/c3*1-11-36-9-20-27(40-11)24(31)25(32)29(41-20)42-26-14-7-17-16(38-10-39-17)6-13(14)21(22-15(26)8-37-28(22)33)12-4-18(34-2)23(30)19(5-12)35-3/h3*4-7,11,15,20-22,24-27,29-32H,8-10H2,1-3H3/t3*11-,15+,20-,21-,22+,24-,25-,26-,27-,29+/m111/s1/i2D3,3D3,9D2;9D2,21D;9D2. The molecule has 0 saturated carbocycles. The molecule has 15 aliphatic rings. The van der Waals surface area contributed by atoms with Crippen LogP contribution in [0.2, 0.25) is 0 Å². The molecular formula is C87H96O39. The highest BCUT2D eigenvalue weighted by atomic mass is 16.8. The minimum Gasteiger partial charge on any atom is -0.502 e. The Hall–Kier alpha value is -9.99. The highest BCUT2D eigenvalue weighted by Gasteiger charge is 2.61. The highest BCUT2D eigenvalue weighted by molar-refractivity contribution is 5.81. The van der Waals surface area contributed by atoms with E-state index in [1.807, 2.05) is 0 Å². The number of carbonyl (C=O) groups is 3. The summed E-state index contributed by atoms with van der Waals surface area (Å²) in [5.41, 5.74) is 3.45. The molecule has 0 radical (unpaired) electrons. The van der Waals surface area contributed by atoms with Crippen LogP contribution in [0.4, 0.5) is 0 Å². The van der Waals surface area contributed by atoms with E-state index in [2.05, 4.69) is 0 Å². The normalized spacial score (nSPS) is 40.0. The van der Waals surface area contributed by atoms with E-state index in [1.54, 1.807) is 48.5 Å². The van der Waals surface area contributed by atoms with Crippen LogP contribution in [0.1, 0.15) is 125 Å². The number of carbonyl (C=O) groups excluding carboxylic acids is 3. The topological polar surface area (TPSA) is 482 Å². The highest BCUT2D eigenvalue weighted by Crippen LogP contribution is 2.62. The second-order valence-corrected chi connectivity index (χ2v) is 31.9. The molecule has 39 nitrogen and oxygen atoms in total. The van der Waals surface area contributed by atoms with Gasteiger partial charge < -0.3 is 174 Å². The molecule has 9 fully saturated rings. The maximum absolute atomic E-state index is 13.6. The lowest BCUT2D eigenvalue weighted by molar-refractivity contribution is -0.364. The van der Waals surface area contributed by atoms with E-state index >= 15 is 0 Å². The fourth-order valence-corrected chi connectivity index (χ4v) is 19.2. The fraction of sp³-hybridized carbons (Fsp3) is 0.552. The van der Waals surface area contributed by atoms with Crippen molar-refractivity contribution in [2.45, 2.75) is 168 Å². The lowest BCUT2D eigenvalue weighted by atomic mass is 9.66. The van der Waals surface area contributed by atoms with Gasteiger partial charge in [0.05, 0.1) is 135 Å². The molecule has 0 bridgehead atoms. The van der Waals surface area contributed by atoms with E-state index in [1.165, 1.54) is 61.3 Å². The van der Waals surface area contributed by atoms with Crippen LogP contribution in [0.15, 0.2) is 72.8 Å². The molecule has 0 unspecified atom stereocenters. The molecule has 0 amide bonds. The second kappa shape index (κ2) is 34.2. The van der Waals surface area contributed by atoms with E-state index < -0.39 is 251 Å². The number of esters is 3. The van der Waals surface area contributed by atoms with E-state index in [0.29, 0.717) is 56.4 Å². The van der Waals surface area contributed by atoms with Gasteiger partial charge in [0.2, 0.25) is 37.6 Å². The number of rotatable bonds is 15. The molecule has 0 spiro atoms. The average molecular weight is 1780 g/mol. The van der Waals surface area contributed by atoms with Crippen LogP contribution in [0.5, 0.6) is 86.2 Å². The summed E-state index contributed by atoms with van der Waals surface area (Å²) in [5.74, 6) is -11.1. The number of benzene rings is 6. The van der Waals surface area contributed by atoms with Crippen molar-refractivity contribution in [2.24, 2.45) is 35.5 Å². The van der Waals surface area contributed by atoms with Gasteiger partial charge in [-0.2, -0.15) is 0 Å². The van der Waals surface area contributed by atoms with Crippen molar-refractivity contribution < 1.29 is 206 Å². The van der Waals surface area contributed by atoms with E-state index in [9.17, 15) is 61.7 Å². The molecule has 39 heteroatoms. The Balaban J connectivity index is 0.000000133. The number of methoxy groups -OCH3 is 6. The maximum Gasteiger partial charge on any atom is 0.310 e. The second-order valence-electron chi connectivity index (χ2n) is 31.9. The molecular weight excluding hydrogens is 1670 g/mol. The quantitative estimate of drug-likeness (QED) is 0.0518. The van der Waals surface area contributed by atoms with Crippen molar-refractivity contribution in [1.82, 2.24) is 0 Å². The third kappa shape index (κ3) is 14.8. The first kappa shape index (κ1) is 71.0. The Morgan fingerprint density at radius 2 is 0.627 bits per heavy atom. The summed E-state index contributed by atoms with van der Waals surface area (Å²) in [6, 6.07) is 18.2. The number of aliphatic hydroxyl groups excluding tert-OH is 6. The predicted octanol–water partition coefficient (Wildman–Crippen LogP) is 4.02. The summed E-state index contributed by atoms with van der Waals surface area (Å²) in [4.78, 5) is 40.5. The van der Waals surface area contributed by atoms with Crippen LogP contribution < -0.4 is 56.8 Å². The Bertz CT molecular complexity index is 5650. The van der Waals surface area contributed by atoms with Crippen LogP contribution in [0.25, 0.3) is 0 Å². The summed E-state index contributed by atoms with van der Waals surface area (Å²) in [5, 5.41) is 98.3. The average Bonchev–Trinajstić information content (AvgIpc) is 1.65. The van der Waals surface area contributed by atoms with Gasteiger partial charge in [-0.3, -0.25) is 14.4 Å². The van der Waals surface area contributed by atoms with Crippen molar-refractivity contribution in [3.8, 4) is 86.2 Å². The Morgan fingerprint density at radius 3 is 0.944 bits per heavy atom. The van der Waals surface area contributed by atoms with Gasteiger partial charge in [0.1, 0.15) is 73.2 Å². The number of hydrogen-bond acceptors (Lipinski definition) is 39. The fourth-order valence-electron chi connectivity index (χ4n) is 19.2. The number of fused-ring (bicyclic) bond motifs is 12. The Kier molecular flexibility index (Phi) is 19.3. The van der Waals surface area contributed by atoms with Gasteiger partial charge in [-0.15, -0.1) is 0 Å². The molecule has 6 aromatic rings. The molecule has 6 aromatic carbocycles. The van der Waals surface area contributed by atoms with E-state index in [4.69, 9.17) is 144 Å². The van der Waals surface area contributed by atoms with Crippen molar-refractivity contribution >= 4 is 17.9 Å². The van der Waals surface area contributed by atoms with E-state index in [-0.39, 0.29) is 103 Å². The van der Waals surface area contributed by atoms with Crippen molar-refractivity contribution in [3.05, 3.63) is 123 Å². The van der Waals surface area contributed by atoms with Crippen LogP contribution in [-0.2, 0) is 85.4 Å².